The number of piperidine rings is 1. The predicted octanol–water partition coefficient (Wildman–Crippen LogP) is 5.65. The molecule has 272 valence electrons. The summed E-state index contributed by atoms with van der Waals surface area (Å²) in [7, 11) is 0. The van der Waals surface area contributed by atoms with Gasteiger partial charge in [0, 0.05) is 41.0 Å². The Kier molecular flexibility index (Phi) is 9.22. The van der Waals surface area contributed by atoms with Crippen LogP contribution in [0.1, 0.15) is 58.3 Å². The molecule has 2 aromatic carbocycles. The lowest BCUT2D eigenvalue weighted by molar-refractivity contribution is -0.149. The topological polar surface area (TPSA) is 141 Å². The molecule has 1 atom stereocenters. The second-order valence-electron chi connectivity index (χ2n) is 13.7. The van der Waals surface area contributed by atoms with E-state index in [0.29, 0.717) is 45.8 Å². The van der Waals surface area contributed by atoms with Crippen molar-refractivity contribution in [3.05, 3.63) is 101 Å². The lowest BCUT2D eigenvalue weighted by atomic mass is 9.92. The van der Waals surface area contributed by atoms with Gasteiger partial charge in [-0.25, -0.2) is 18.3 Å². The quantitative estimate of drug-likeness (QED) is 0.167. The lowest BCUT2D eigenvalue weighted by Crippen LogP contribution is -2.52. The van der Waals surface area contributed by atoms with Crippen LogP contribution in [0.3, 0.4) is 0 Å². The van der Waals surface area contributed by atoms with E-state index < -0.39 is 18.4 Å². The predicted molar refractivity (Wildman–Crippen MR) is 194 cm³/mol. The molecule has 2 fully saturated rings. The largest absolute Gasteiger partial charge is 0.336 e. The SMILES string of the molecule is Cc1cc(C)n2ncc(C(=O)Nc3ccc(-c4cn(CC5CCN(C(=O)CSc6nnc(C7CC7)n6Cc6ccccc6)CC5(F)F)nn4)cc3)c2n1. The number of amides is 2. The molecule has 0 spiro atoms. The average Bonchev–Trinajstić information content (AvgIpc) is 3.51. The standard InChI is InChI=1S/C37H37F2N11O2S/c1-23-16-24(2)50-34(41-23)30(17-40-50)35(52)42-29-12-10-26(11-13-29)31-20-48(46-43-31)19-28-14-15-47(22-37(28,38)39)32(51)21-53-36-45-44-33(27-8-9-27)49(36)18-25-6-4-3-5-7-25/h3-7,10-13,16-17,20,27-28H,8-9,14-15,18-19,21-22H2,1-2H3,(H,42,52). The minimum absolute atomic E-state index is 0.00451. The molecule has 1 saturated carbocycles. The molecule has 1 unspecified atom stereocenters. The Labute approximate surface area is 307 Å². The van der Waals surface area contributed by atoms with Gasteiger partial charge < -0.3 is 14.8 Å². The van der Waals surface area contributed by atoms with Crippen molar-refractivity contribution in [2.45, 2.75) is 63.2 Å². The number of nitrogens with one attached hydrogen (secondary N) is 1. The van der Waals surface area contributed by atoms with Gasteiger partial charge in [0.2, 0.25) is 5.91 Å². The first-order chi connectivity index (χ1) is 25.6. The van der Waals surface area contributed by atoms with Crippen molar-refractivity contribution in [3.8, 4) is 11.3 Å². The maximum absolute atomic E-state index is 15.5. The van der Waals surface area contributed by atoms with E-state index in [4.69, 9.17) is 0 Å². The molecule has 16 heteroatoms. The van der Waals surface area contributed by atoms with Gasteiger partial charge in [-0.15, -0.1) is 15.3 Å². The zero-order valence-corrected chi connectivity index (χ0v) is 30.0. The highest BCUT2D eigenvalue weighted by molar-refractivity contribution is 7.99. The fourth-order valence-electron chi connectivity index (χ4n) is 6.70. The Morgan fingerprint density at radius 1 is 1.00 bits per heavy atom. The fraction of sp³-hybridized carbons (Fsp3) is 0.351. The molecule has 1 aliphatic heterocycles. The first-order valence-electron chi connectivity index (χ1n) is 17.5. The van der Waals surface area contributed by atoms with Crippen LogP contribution < -0.4 is 5.32 Å². The van der Waals surface area contributed by atoms with Crippen LogP contribution in [0.25, 0.3) is 16.9 Å². The van der Waals surface area contributed by atoms with Crippen molar-refractivity contribution >= 4 is 34.9 Å². The minimum atomic E-state index is -3.11. The number of aryl methyl sites for hydroxylation is 2. The smallest absolute Gasteiger partial charge is 0.269 e. The van der Waals surface area contributed by atoms with Crippen molar-refractivity contribution in [1.29, 1.82) is 0 Å². The number of carbonyl (C=O) groups is 2. The van der Waals surface area contributed by atoms with Gasteiger partial charge in [-0.2, -0.15) is 5.10 Å². The Morgan fingerprint density at radius 3 is 2.55 bits per heavy atom. The number of halogens is 2. The minimum Gasteiger partial charge on any atom is -0.336 e. The van der Waals surface area contributed by atoms with Crippen LogP contribution in [-0.2, 0) is 17.9 Å². The van der Waals surface area contributed by atoms with E-state index in [1.54, 1.807) is 35.0 Å². The summed E-state index contributed by atoms with van der Waals surface area (Å²) in [6.07, 6.45) is 5.39. The van der Waals surface area contributed by atoms with Crippen molar-refractivity contribution < 1.29 is 18.4 Å². The average molecular weight is 738 g/mol. The van der Waals surface area contributed by atoms with E-state index in [-0.39, 0.29) is 37.1 Å². The number of hydrogen-bond acceptors (Lipinski definition) is 9. The monoisotopic (exact) mass is 737 g/mol. The zero-order chi connectivity index (χ0) is 36.7. The molecular weight excluding hydrogens is 701 g/mol. The van der Waals surface area contributed by atoms with Crippen LogP contribution in [0.15, 0.2) is 78.2 Å². The number of aromatic nitrogens is 9. The lowest BCUT2D eigenvalue weighted by Gasteiger charge is -2.38. The summed E-state index contributed by atoms with van der Waals surface area (Å²) in [4.78, 5) is 31.9. The summed E-state index contributed by atoms with van der Waals surface area (Å²) in [5.74, 6) is -3.51. The molecule has 6 aromatic rings. The van der Waals surface area contributed by atoms with E-state index in [0.717, 1.165) is 35.6 Å². The molecule has 1 N–H and O–H groups in total. The Hall–Kier alpha value is -5.51. The van der Waals surface area contributed by atoms with Crippen molar-refractivity contribution in [2.24, 2.45) is 5.92 Å². The third-order valence-corrected chi connectivity index (χ3v) is 10.7. The summed E-state index contributed by atoms with van der Waals surface area (Å²) < 4.78 is 36.1. The summed E-state index contributed by atoms with van der Waals surface area (Å²) in [6.45, 7) is 3.89. The molecule has 0 radical (unpaired) electrons. The van der Waals surface area contributed by atoms with Crippen molar-refractivity contribution in [1.82, 2.24) is 49.3 Å². The number of fused-ring (bicyclic) bond motifs is 1. The van der Waals surface area contributed by atoms with Gasteiger partial charge >= 0.3 is 0 Å². The van der Waals surface area contributed by atoms with Gasteiger partial charge in [-0.1, -0.05) is 59.4 Å². The molecule has 13 nitrogen and oxygen atoms in total. The van der Waals surface area contributed by atoms with Crippen LogP contribution in [-0.4, -0.2) is 85.8 Å². The number of carbonyl (C=O) groups excluding carboxylic acids is 2. The molecule has 2 amide bonds. The van der Waals surface area contributed by atoms with Gasteiger partial charge in [0.15, 0.2) is 10.8 Å². The van der Waals surface area contributed by atoms with Gasteiger partial charge in [0.1, 0.15) is 17.1 Å². The summed E-state index contributed by atoms with van der Waals surface area (Å²) in [5, 5.41) is 24.9. The molecule has 53 heavy (non-hydrogen) atoms. The van der Waals surface area contributed by atoms with Crippen LogP contribution in [0.5, 0.6) is 0 Å². The van der Waals surface area contributed by atoms with Crippen molar-refractivity contribution in [3.63, 3.8) is 0 Å². The first kappa shape index (κ1) is 34.6. The summed E-state index contributed by atoms with van der Waals surface area (Å²) in [5.41, 5.74) is 5.39. The number of alkyl halides is 2. The number of hydrogen-bond donors (Lipinski definition) is 1. The number of rotatable bonds is 11. The Bertz CT molecular complexity index is 2280. The highest BCUT2D eigenvalue weighted by atomic mass is 32.2. The molecular formula is C37H37F2N11O2S. The summed E-state index contributed by atoms with van der Waals surface area (Å²) in [6, 6.07) is 18.9. The second-order valence-corrected chi connectivity index (χ2v) is 14.7. The molecule has 1 aliphatic carbocycles. The molecule has 1 saturated heterocycles. The van der Waals surface area contributed by atoms with Gasteiger partial charge in [0.25, 0.3) is 11.8 Å². The van der Waals surface area contributed by atoms with Gasteiger partial charge in [0.05, 0.1) is 37.8 Å². The molecule has 4 aromatic heterocycles. The Morgan fingerprint density at radius 2 is 1.79 bits per heavy atom. The van der Waals surface area contributed by atoms with E-state index in [9.17, 15) is 9.59 Å². The zero-order valence-electron chi connectivity index (χ0n) is 29.2. The van der Waals surface area contributed by atoms with E-state index in [1.807, 2.05) is 54.8 Å². The number of anilines is 1. The van der Waals surface area contributed by atoms with Crippen LogP contribution in [0.4, 0.5) is 14.5 Å². The molecule has 0 bridgehead atoms. The second kappa shape index (κ2) is 14.1. The summed E-state index contributed by atoms with van der Waals surface area (Å²) >= 11 is 1.25. The highest BCUT2D eigenvalue weighted by Crippen LogP contribution is 2.40. The van der Waals surface area contributed by atoms with E-state index >= 15 is 8.78 Å². The maximum atomic E-state index is 15.5. The number of thioether (sulfide) groups is 1. The van der Waals surface area contributed by atoms with Crippen LogP contribution in [0.2, 0.25) is 0 Å². The third-order valence-electron chi connectivity index (χ3n) is 9.70. The van der Waals surface area contributed by atoms with Crippen LogP contribution >= 0.6 is 11.8 Å². The highest BCUT2D eigenvalue weighted by Gasteiger charge is 2.46. The van der Waals surface area contributed by atoms with Gasteiger partial charge in [-0.3, -0.25) is 14.3 Å². The maximum Gasteiger partial charge on any atom is 0.269 e. The third kappa shape index (κ3) is 7.40. The molecule has 2 aliphatic rings. The number of nitrogens with zero attached hydrogens (tertiary/aromatic N) is 10. The first-order valence-corrected chi connectivity index (χ1v) is 18.5. The molecule has 8 rings (SSSR count). The van der Waals surface area contributed by atoms with Gasteiger partial charge in [-0.05, 0) is 56.9 Å². The number of likely N-dealkylation sites (tertiary alicyclic amines) is 1. The van der Waals surface area contributed by atoms with Crippen molar-refractivity contribution in [2.75, 3.05) is 24.2 Å². The van der Waals surface area contributed by atoms with Crippen LogP contribution in [0, 0.1) is 19.8 Å². The molecule has 5 heterocycles. The van der Waals surface area contributed by atoms with E-state index in [2.05, 4.69) is 35.9 Å². The van der Waals surface area contributed by atoms with E-state index in [1.165, 1.54) is 27.5 Å². The normalized spacial score (nSPS) is 17.0. The number of benzene rings is 2. The Balaban J connectivity index is 0.855. The fourth-order valence-corrected chi connectivity index (χ4v) is 7.55.